The smallest absolute Gasteiger partial charge is 0.222 e. The molecule has 1 heterocycles. The summed E-state index contributed by atoms with van der Waals surface area (Å²) in [6.45, 7) is 2.65. The Balaban J connectivity index is 1.49. The summed E-state index contributed by atoms with van der Waals surface area (Å²) in [5.74, 6) is 1.12. The predicted octanol–water partition coefficient (Wildman–Crippen LogP) is 3.75. The minimum absolute atomic E-state index is 0.267. The van der Waals surface area contributed by atoms with Crippen LogP contribution in [0.2, 0.25) is 0 Å². The molecular weight excluding hydrogens is 336 g/mol. The normalized spacial score (nSPS) is 17.1. The maximum absolute atomic E-state index is 12.7. The number of aryl methyl sites for hydroxylation is 1. The van der Waals surface area contributed by atoms with Gasteiger partial charge in [-0.1, -0.05) is 42.5 Å². The third kappa shape index (κ3) is 5.57. The molecule has 0 spiro atoms. The summed E-state index contributed by atoms with van der Waals surface area (Å²) >= 11 is 0. The van der Waals surface area contributed by atoms with Crippen LogP contribution in [0.3, 0.4) is 0 Å². The molecule has 1 amide bonds. The van der Waals surface area contributed by atoms with Gasteiger partial charge in [-0.05, 0) is 49.6 Å². The molecule has 2 aromatic carbocycles. The highest BCUT2D eigenvalue weighted by atomic mass is 16.5. The van der Waals surface area contributed by atoms with Gasteiger partial charge in [0, 0.05) is 32.1 Å². The van der Waals surface area contributed by atoms with Gasteiger partial charge in [0.15, 0.2) is 0 Å². The average Bonchev–Trinajstić information content (AvgIpc) is 2.73. The Bertz CT molecular complexity index is 715. The summed E-state index contributed by atoms with van der Waals surface area (Å²) in [4.78, 5) is 17.1. The number of methoxy groups -OCH3 is 1. The molecule has 0 radical (unpaired) electrons. The lowest BCUT2D eigenvalue weighted by molar-refractivity contribution is -0.133. The quantitative estimate of drug-likeness (QED) is 0.748. The second-order valence-electron chi connectivity index (χ2n) is 7.38. The number of nitrogens with zero attached hydrogens (tertiary/aromatic N) is 2. The van der Waals surface area contributed by atoms with E-state index in [0.29, 0.717) is 12.5 Å². The molecule has 1 aliphatic rings. The molecule has 1 aliphatic heterocycles. The van der Waals surface area contributed by atoms with Crippen molar-refractivity contribution in [2.45, 2.75) is 38.3 Å². The van der Waals surface area contributed by atoms with E-state index in [1.165, 1.54) is 11.1 Å². The Morgan fingerprint density at radius 1 is 1.11 bits per heavy atom. The Kier molecular flexibility index (Phi) is 6.88. The molecule has 0 saturated carbocycles. The molecule has 1 fully saturated rings. The van der Waals surface area contributed by atoms with Gasteiger partial charge in [0.2, 0.25) is 5.91 Å². The standard InChI is InChI=1S/C23H30N2O2/c1-24(17-20-7-4-3-5-8-20)21-9-6-16-25(18-21)23(26)15-12-19-10-13-22(27-2)14-11-19/h3-5,7-8,10-11,13-14,21H,6,9,12,15-18H2,1-2H3. The molecule has 2 aromatic rings. The molecule has 144 valence electrons. The van der Waals surface area contributed by atoms with Crippen LogP contribution in [0.25, 0.3) is 0 Å². The number of likely N-dealkylation sites (tertiary alicyclic amines) is 1. The second kappa shape index (κ2) is 9.56. The molecule has 0 bridgehead atoms. The van der Waals surface area contributed by atoms with Crippen molar-refractivity contribution in [1.29, 1.82) is 0 Å². The third-order valence-corrected chi connectivity index (χ3v) is 5.43. The van der Waals surface area contributed by atoms with Gasteiger partial charge in [0.25, 0.3) is 0 Å². The van der Waals surface area contributed by atoms with Crippen molar-refractivity contribution in [3.8, 4) is 5.75 Å². The van der Waals surface area contributed by atoms with Crippen molar-refractivity contribution in [3.05, 3.63) is 65.7 Å². The van der Waals surface area contributed by atoms with Crippen molar-refractivity contribution in [1.82, 2.24) is 9.80 Å². The number of hydrogen-bond acceptors (Lipinski definition) is 3. The molecule has 4 heteroatoms. The van der Waals surface area contributed by atoms with Crippen LogP contribution in [0.4, 0.5) is 0 Å². The first-order chi connectivity index (χ1) is 13.2. The highest BCUT2D eigenvalue weighted by Crippen LogP contribution is 2.19. The highest BCUT2D eigenvalue weighted by Gasteiger charge is 2.26. The number of carbonyl (C=O) groups excluding carboxylic acids is 1. The van der Waals surface area contributed by atoms with Crippen molar-refractivity contribution >= 4 is 5.91 Å². The van der Waals surface area contributed by atoms with Gasteiger partial charge < -0.3 is 9.64 Å². The van der Waals surface area contributed by atoms with Crippen LogP contribution in [-0.2, 0) is 17.8 Å². The monoisotopic (exact) mass is 366 g/mol. The maximum atomic E-state index is 12.7. The van der Waals surface area contributed by atoms with Gasteiger partial charge in [-0.3, -0.25) is 9.69 Å². The molecular formula is C23H30N2O2. The van der Waals surface area contributed by atoms with E-state index in [-0.39, 0.29) is 5.91 Å². The minimum atomic E-state index is 0.267. The van der Waals surface area contributed by atoms with Gasteiger partial charge in [-0.2, -0.15) is 0 Å². The number of carbonyl (C=O) groups is 1. The summed E-state index contributed by atoms with van der Waals surface area (Å²) in [6.07, 6.45) is 3.59. The van der Waals surface area contributed by atoms with Crippen LogP contribution in [-0.4, -0.2) is 49.0 Å². The Hall–Kier alpha value is -2.33. The van der Waals surface area contributed by atoms with Crippen molar-refractivity contribution in [2.75, 3.05) is 27.2 Å². The fourth-order valence-corrected chi connectivity index (χ4v) is 3.74. The fraction of sp³-hybridized carbons (Fsp3) is 0.435. The number of rotatable bonds is 7. The first-order valence-electron chi connectivity index (χ1n) is 9.80. The number of piperidine rings is 1. The van der Waals surface area contributed by atoms with E-state index in [0.717, 1.165) is 44.6 Å². The van der Waals surface area contributed by atoms with Crippen LogP contribution >= 0.6 is 0 Å². The Morgan fingerprint density at radius 3 is 2.56 bits per heavy atom. The van der Waals surface area contributed by atoms with Crippen LogP contribution in [0.1, 0.15) is 30.4 Å². The molecule has 0 aliphatic carbocycles. The van der Waals surface area contributed by atoms with Gasteiger partial charge in [0.05, 0.1) is 7.11 Å². The number of benzene rings is 2. The molecule has 3 rings (SSSR count). The van der Waals surface area contributed by atoms with Gasteiger partial charge in [-0.15, -0.1) is 0 Å². The molecule has 0 N–H and O–H groups in total. The van der Waals surface area contributed by atoms with E-state index in [1.807, 2.05) is 30.3 Å². The lowest BCUT2D eigenvalue weighted by Crippen LogP contribution is -2.48. The van der Waals surface area contributed by atoms with Crippen LogP contribution in [0, 0.1) is 0 Å². The number of ether oxygens (including phenoxy) is 1. The molecule has 1 unspecified atom stereocenters. The fourth-order valence-electron chi connectivity index (χ4n) is 3.74. The summed E-state index contributed by atoms with van der Waals surface area (Å²) in [5, 5.41) is 0. The Morgan fingerprint density at radius 2 is 1.85 bits per heavy atom. The Labute approximate surface area is 162 Å². The number of hydrogen-bond donors (Lipinski definition) is 0. The van der Waals surface area contributed by atoms with E-state index < -0.39 is 0 Å². The summed E-state index contributed by atoms with van der Waals surface area (Å²) in [6, 6.07) is 19.0. The second-order valence-corrected chi connectivity index (χ2v) is 7.38. The van der Waals surface area contributed by atoms with Gasteiger partial charge in [0.1, 0.15) is 5.75 Å². The van der Waals surface area contributed by atoms with Crippen molar-refractivity contribution < 1.29 is 9.53 Å². The topological polar surface area (TPSA) is 32.8 Å². The van der Waals surface area contributed by atoms with E-state index >= 15 is 0 Å². The van der Waals surface area contributed by atoms with E-state index in [2.05, 4.69) is 41.1 Å². The van der Waals surface area contributed by atoms with E-state index in [1.54, 1.807) is 7.11 Å². The number of likely N-dealkylation sites (N-methyl/N-ethyl adjacent to an activating group) is 1. The van der Waals surface area contributed by atoms with Crippen molar-refractivity contribution in [2.24, 2.45) is 0 Å². The number of amides is 1. The van der Waals surface area contributed by atoms with Crippen LogP contribution in [0.5, 0.6) is 5.75 Å². The predicted molar refractivity (Wildman–Crippen MR) is 109 cm³/mol. The first-order valence-corrected chi connectivity index (χ1v) is 9.80. The zero-order valence-corrected chi connectivity index (χ0v) is 16.4. The molecule has 1 atom stereocenters. The van der Waals surface area contributed by atoms with Gasteiger partial charge >= 0.3 is 0 Å². The maximum Gasteiger partial charge on any atom is 0.222 e. The lowest BCUT2D eigenvalue weighted by atomic mass is 10.0. The highest BCUT2D eigenvalue weighted by molar-refractivity contribution is 5.76. The van der Waals surface area contributed by atoms with Gasteiger partial charge in [-0.25, -0.2) is 0 Å². The van der Waals surface area contributed by atoms with E-state index in [9.17, 15) is 4.79 Å². The zero-order chi connectivity index (χ0) is 19.1. The summed E-state index contributed by atoms with van der Waals surface area (Å²) < 4.78 is 5.19. The zero-order valence-electron chi connectivity index (χ0n) is 16.4. The van der Waals surface area contributed by atoms with Crippen LogP contribution < -0.4 is 4.74 Å². The summed E-state index contributed by atoms with van der Waals surface area (Å²) in [5.41, 5.74) is 2.50. The third-order valence-electron chi connectivity index (χ3n) is 5.43. The van der Waals surface area contributed by atoms with E-state index in [4.69, 9.17) is 4.74 Å². The summed E-state index contributed by atoms with van der Waals surface area (Å²) in [7, 11) is 3.84. The first kappa shape index (κ1) is 19.4. The minimum Gasteiger partial charge on any atom is -0.497 e. The lowest BCUT2D eigenvalue weighted by Gasteiger charge is -2.38. The molecule has 27 heavy (non-hydrogen) atoms. The molecule has 0 aromatic heterocycles. The molecule has 4 nitrogen and oxygen atoms in total. The van der Waals surface area contributed by atoms with Crippen molar-refractivity contribution in [3.63, 3.8) is 0 Å². The largest absolute Gasteiger partial charge is 0.497 e. The molecule has 1 saturated heterocycles. The SMILES string of the molecule is COc1ccc(CCC(=O)N2CCCC(N(C)Cc3ccccc3)C2)cc1. The van der Waals surface area contributed by atoms with Crippen LogP contribution in [0.15, 0.2) is 54.6 Å². The average molecular weight is 367 g/mol.